The lowest BCUT2D eigenvalue weighted by atomic mass is 10.1. The molecule has 0 N–H and O–H groups in total. The molecule has 0 saturated carbocycles. The van der Waals surface area contributed by atoms with Crippen LogP contribution in [-0.4, -0.2) is 4.57 Å². The maximum atomic E-state index is 12.3. The highest BCUT2D eigenvalue weighted by atomic mass is 35.5. The van der Waals surface area contributed by atoms with Crippen molar-refractivity contribution in [3.8, 4) is 0 Å². The number of halogens is 1. The van der Waals surface area contributed by atoms with Gasteiger partial charge >= 0.3 is 0 Å². The van der Waals surface area contributed by atoms with Gasteiger partial charge in [-0.3, -0.25) is 4.79 Å². The van der Waals surface area contributed by atoms with Crippen molar-refractivity contribution in [2.75, 3.05) is 0 Å². The molecule has 0 saturated heterocycles. The van der Waals surface area contributed by atoms with Gasteiger partial charge in [-0.1, -0.05) is 35.9 Å². The Balaban J connectivity index is 1.98. The summed E-state index contributed by atoms with van der Waals surface area (Å²) in [7, 11) is 0. The molecule has 0 aliphatic heterocycles. The van der Waals surface area contributed by atoms with Crippen molar-refractivity contribution in [2.45, 2.75) is 26.3 Å². The van der Waals surface area contributed by atoms with Gasteiger partial charge in [0.05, 0.1) is 5.52 Å². The summed E-state index contributed by atoms with van der Waals surface area (Å²) in [5.41, 5.74) is 3.38. The molecule has 0 fully saturated rings. The third-order valence-electron chi connectivity index (χ3n) is 3.98. The van der Waals surface area contributed by atoms with Gasteiger partial charge in [0, 0.05) is 28.7 Å². The van der Waals surface area contributed by atoms with E-state index in [1.165, 1.54) is 5.56 Å². The van der Waals surface area contributed by atoms with Crippen LogP contribution in [0.1, 0.15) is 18.2 Å². The number of hydrogen-bond donors (Lipinski definition) is 0. The van der Waals surface area contributed by atoms with Crippen LogP contribution in [0.5, 0.6) is 0 Å². The van der Waals surface area contributed by atoms with Gasteiger partial charge in [-0.15, -0.1) is 0 Å². The lowest BCUT2D eigenvalue weighted by Gasteiger charge is -2.15. The fourth-order valence-electron chi connectivity index (χ4n) is 2.92. The molecule has 2 aromatic carbocycles. The van der Waals surface area contributed by atoms with E-state index >= 15 is 0 Å². The third-order valence-corrected chi connectivity index (χ3v) is 4.21. The number of rotatable bonds is 4. The van der Waals surface area contributed by atoms with Gasteiger partial charge in [0.15, 0.2) is 5.43 Å². The van der Waals surface area contributed by atoms with Gasteiger partial charge in [0.2, 0.25) is 0 Å². The minimum Gasteiger partial charge on any atom is -0.345 e. The number of nitrogens with zero attached hydrogens (tertiary/aromatic N) is 1. The zero-order chi connectivity index (χ0) is 15.5. The van der Waals surface area contributed by atoms with Crippen LogP contribution in [0.25, 0.3) is 10.9 Å². The Hall–Kier alpha value is -2.06. The quantitative estimate of drug-likeness (QED) is 0.697. The molecular weight excluding hydrogens is 294 g/mol. The third kappa shape index (κ3) is 2.93. The zero-order valence-corrected chi connectivity index (χ0v) is 13.3. The molecule has 2 nitrogen and oxygen atoms in total. The average Bonchev–Trinajstić information content (AvgIpc) is 2.53. The van der Waals surface area contributed by atoms with E-state index in [1.54, 1.807) is 6.07 Å². The predicted molar refractivity (Wildman–Crippen MR) is 92.7 cm³/mol. The molecule has 22 heavy (non-hydrogen) atoms. The normalized spacial score (nSPS) is 11.0. The molecule has 3 heteroatoms. The number of pyridine rings is 1. The minimum atomic E-state index is 0.0985. The number of aromatic nitrogens is 1. The van der Waals surface area contributed by atoms with Crippen molar-refractivity contribution >= 4 is 22.5 Å². The maximum Gasteiger partial charge on any atom is 0.189 e. The first kappa shape index (κ1) is 14.9. The van der Waals surface area contributed by atoms with Gasteiger partial charge in [0.1, 0.15) is 0 Å². The fourth-order valence-corrected chi connectivity index (χ4v) is 3.14. The van der Waals surface area contributed by atoms with E-state index < -0.39 is 0 Å². The molecule has 0 aliphatic carbocycles. The van der Waals surface area contributed by atoms with E-state index in [1.807, 2.05) is 42.5 Å². The topological polar surface area (TPSA) is 22.0 Å². The summed E-state index contributed by atoms with van der Waals surface area (Å²) in [6.45, 7) is 2.96. The second kappa shape index (κ2) is 6.37. The van der Waals surface area contributed by atoms with E-state index in [0.717, 1.165) is 41.0 Å². The van der Waals surface area contributed by atoms with Gasteiger partial charge in [-0.05, 0) is 49.6 Å². The van der Waals surface area contributed by atoms with Crippen molar-refractivity contribution in [3.05, 3.63) is 81.1 Å². The number of fused-ring (bicyclic) bond motifs is 1. The Labute approximate surface area is 135 Å². The Bertz CT molecular complexity index is 867. The van der Waals surface area contributed by atoms with Gasteiger partial charge in [-0.25, -0.2) is 0 Å². The molecule has 0 unspecified atom stereocenters. The van der Waals surface area contributed by atoms with E-state index in [9.17, 15) is 4.79 Å². The molecule has 3 rings (SSSR count). The fraction of sp³-hybridized carbons (Fsp3) is 0.211. The molecule has 3 aromatic rings. The molecule has 0 bridgehead atoms. The SMILES string of the molecule is CCn1c(CCc2cccc(Cl)c2)cc(=O)c2ccccc21. The average molecular weight is 312 g/mol. The summed E-state index contributed by atoms with van der Waals surface area (Å²) >= 11 is 6.03. The number of aryl methyl sites for hydroxylation is 3. The van der Waals surface area contributed by atoms with Gasteiger partial charge in [0.25, 0.3) is 0 Å². The van der Waals surface area contributed by atoms with Crippen LogP contribution >= 0.6 is 11.6 Å². The Morgan fingerprint density at radius 2 is 1.82 bits per heavy atom. The number of hydrogen-bond acceptors (Lipinski definition) is 1. The summed E-state index contributed by atoms with van der Waals surface area (Å²) in [6.07, 6.45) is 1.70. The first-order chi connectivity index (χ1) is 10.7. The van der Waals surface area contributed by atoms with Gasteiger partial charge < -0.3 is 4.57 Å². The zero-order valence-electron chi connectivity index (χ0n) is 12.6. The number of para-hydroxylation sites is 1. The van der Waals surface area contributed by atoms with Crippen LogP contribution in [0.3, 0.4) is 0 Å². The van der Waals surface area contributed by atoms with Crippen molar-refractivity contribution in [1.29, 1.82) is 0 Å². The largest absolute Gasteiger partial charge is 0.345 e. The highest BCUT2D eigenvalue weighted by Crippen LogP contribution is 2.16. The van der Waals surface area contributed by atoms with E-state index in [-0.39, 0.29) is 5.43 Å². The van der Waals surface area contributed by atoms with Crippen LogP contribution < -0.4 is 5.43 Å². The summed E-state index contributed by atoms with van der Waals surface area (Å²) in [5.74, 6) is 0. The minimum absolute atomic E-state index is 0.0985. The molecule has 112 valence electrons. The van der Waals surface area contributed by atoms with Crippen molar-refractivity contribution in [2.24, 2.45) is 0 Å². The highest BCUT2D eigenvalue weighted by molar-refractivity contribution is 6.30. The molecule has 0 aliphatic rings. The smallest absolute Gasteiger partial charge is 0.189 e. The summed E-state index contributed by atoms with van der Waals surface area (Å²) in [4.78, 5) is 12.3. The van der Waals surface area contributed by atoms with E-state index in [2.05, 4.69) is 17.6 Å². The van der Waals surface area contributed by atoms with Crippen molar-refractivity contribution in [3.63, 3.8) is 0 Å². The van der Waals surface area contributed by atoms with Crippen LogP contribution in [0.15, 0.2) is 59.4 Å². The molecule has 1 aromatic heterocycles. The lowest BCUT2D eigenvalue weighted by molar-refractivity contribution is 0.717. The molecule has 1 heterocycles. The number of benzene rings is 2. The van der Waals surface area contributed by atoms with Crippen LogP contribution in [0.2, 0.25) is 5.02 Å². The summed E-state index contributed by atoms with van der Waals surface area (Å²) in [6, 6.07) is 17.5. The molecule has 0 atom stereocenters. The highest BCUT2D eigenvalue weighted by Gasteiger charge is 2.08. The molecule has 0 amide bonds. The van der Waals surface area contributed by atoms with E-state index in [4.69, 9.17) is 11.6 Å². The van der Waals surface area contributed by atoms with E-state index in [0.29, 0.717) is 0 Å². The monoisotopic (exact) mass is 311 g/mol. The Morgan fingerprint density at radius 1 is 1.00 bits per heavy atom. The Kier molecular flexibility index (Phi) is 4.30. The summed E-state index contributed by atoms with van der Waals surface area (Å²) < 4.78 is 2.22. The van der Waals surface area contributed by atoms with Crippen LogP contribution in [-0.2, 0) is 19.4 Å². The maximum absolute atomic E-state index is 12.3. The molecule has 0 spiro atoms. The Morgan fingerprint density at radius 3 is 2.59 bits per heavy atom. The second-order valence-electron chi connectivity index (χ2n) is 5.39. The predicted octanol–water partition coefficient (Wildman–Crippen LogP) is 4.46. The lowest BCUT2D eigenvalue weighted by Crippen LogP contribution is -2.14. The van der Waals surface area contributed by atoms with Crippen LogP contribution in [0, 0.1) is 0 Å². The standard InChI is InChI=1S/C19H18ClNO/c1-2-21-16(11-10-14-6-5-7-15(20)12-14)13-19(22)17-8-3-4-9-18(17)21/h3-9,12-13H,2,10-11H2,1H3. The molecular formula is C19H18ClNO. The first-order valence-corrected chi connectivity index (χ1v) is 7.92. The van der Waals surface area contributed by atoms with Gasteiger partial charge in [-0.2, -0.15) is 0 Å². The van der Waals surface area contributed by atoms with Crippen molar-refractivity contribution < 1.29 is 0 Å². The second-order valence-corrected chi connectivity index (χ2v) is 5.83. The van der Waals surface area contributed by atoms with Crippen LogP contribution in [0.4, 0.5) is 0 Å². The van der Waals surface area contributed by atoms with Crippen molar-refractivity contribution in [1.82, 2.24) is 4.57 Å². The summed E-state index contributed by atoms with van der Waals surface area (Å²) in [5, 5.41) is 1.54. The molecule has 0 radical (unpaired) electrons. The first-order valence-electron chi connectivity index (χ1n) is 7.55.